The number of amides is 1. The van der Waals surface area contributed by atoms with Crippen LogP contribution >= 0.6 is 11.6 Å². The molecule has 1 aromatic carbocycles. The number of aryl methyl sites for hydroxylation is 1. The Bertz CT molecular complexity index is 714. The van der Waals surface area contributed by atoms with Crippen molar-refractivity contribution in [2.24, 2.45) is 0 Å². The van der Waals surface area contributed by atoms with Crippen LogP contribution in [0.3, 0.4) is 0 Å². The van der Waals surface area contributed by atoms with E-state index in [1.165, 1.54) is 10.9 Å². The molecule has 1 aromatic heterocycles. The highest BCUT2D eigenvalue weighted by Gasteiger charge is 2.22. The van der Waals surface area contributed by atoms with Crippen molar-refractivity contribution in [1.29, 1.82) is 0 Å². The molecule has 1 amide bonds. The van der Waals surface area contributed by atoms with E-state index in [2.05, 4.69) is 10.4 Å². The number of benzene rings is 1. The van der Waals surface area contributed by atoms with Crippen molar-refractivity contribution in [3.05, 3.63) is 51.3 Å². The molecule has 116 valence electrons. The lowest BCUT2D eigenvalue weighted by Crippen LogP contribution is -2.26. The van der Waals surface area contributed by atoms with Crippen LogP contribution in [0.15, 0.2) is 30.6 Å². The van der Waals surface area contributed by atoms with Crippen LogP contribution in [-0.4, -0.2) is 20.6 Å². The maximum atomic E-state index is 12.4. The SMILES string of the molecule is CCC(C(=O)Nc1cc(Cl)ccc1C)n1cc([N+](=O)[O-])cn1. The molecule has 0 saturated carbocycles. The predicted molar refractivity (Wildman–Crippen MR) is 83.0 cm³/mol. The number of aromatic nitrogens is 2. The van der Waals surface area contributed by atoms with E-state index in [0.717, 1.165) is 11.8 Å². The first-order chi connectivity index (χ1) is 10.4. The number of halogens is 1. The Morgan fingerprint density at radius 2 is 2.27 bits per heavy atom. The van der Waals surface area contributed by atoms with Gasteiger partial charge in [0.25, 0.3) is 0 Å². The van der Waals surface area contributed by atoms with Crippen LogP contribution in [0.4, 0.5) is 11.4 Å². The first-order valence-electron chi connectivity index (χ1n) is 6.68. The van der Waals surface area contributed by atoms with Gasteiger partial charge in [-0.15, -0.1) is 0 Å². The topological polar surface area (TPSA) is 90.1 Å². The molecule has 1 N–H and O–H groups in total. The fourth-order valence-electron chi connectivity index (χ4n) is 2.03. The number of anilines is 1. The van der Waals surface area contributed by atoms with E-state index >= 15 is 0 Å². The average Bonchev–Trinajstić information content (AvgIpc) is 2.93. The average molecular weight is 323 g/mol. The van der Waals surface area contributed by atoms with E-state index < -0.39 is 11.0 Å². The summed E-state index contributed by atoms with van der Waals surface area (Å²) < 4.78 is 1.30. The summed E-state index contributed by atoms with van der Waals surface area (Å²) in [4.78, 5) is 22.6. The molecule has 0 aliphatic rings. The summed E-state index contributed by atoms with van der Waals surface area (Å²) >= 11 is 5.93. The molecule has 0 spiro atoms. The monoisotopic (exact) mass is 322 g/mol. The number of nitrogens with one attached hydrogen (secondary N) is 1. The molecule has 22 heavy (non-hydrogen) atoms. The summed E-state index contributed by atoms with van der Waals surface area (Å²) in [5.41, 5.74) is 1.34. The molecular formula is C14H15ClN4O3. The standard InChI is InChI=1S/C14H15ClN4O3/c1-3-13(18-8-11(7-16-18)19(21)22)14(20)17-12-6-10(15)5-4-9(12)2/h4-8,13H,3H2,1-2H3,(H,17,20). The van der Waals surface area contributed by atoms with E-state index in [0.29, 0.717) is 17.1 Å². The molecule has 2 rings (SSSR count). The highest BCUT2D eigenvalue weighted by molar-refractivity contribution is 6.31. The van der Waals surface area contributed by atoms with E-state index in [9.17, 15) is 14.9 Å². The third kappa shape index (κ3) is 3.43. The minimum absolute atomic E-state index is 0.148. The number of carbonyl (C=O) groups is 1. The summed E-state index contributed by atoms with van der Waals surface area (Å²) in [5, 5.41) is 17.9. The minimum atomic E-state index is -0.632. The van der Waals surface area contributed by atoms with Crippen LogP contribution in [0, 0.1) is 17.0 Å². The lowest BCUT2D eigenvalue weighted by atomic mass is 10.1. The summed E-state index contributed by atoms with van der Waals surface area (Å²) in [6, 6.07) is 4.57. The predicted octanol–water partition coefficient (Wildman–Crippen LogP) is 3.34. The number of hydrogen-bond acceptors (Lipinski definition) is 4. The Hall–Kier alpha value is -2.41. The molecule has 0 aliphatic heterocycles. The van der Waals surface area contributed by atoms with Gasteiger partial charge in [0.1, 0.15) is 18.4 Å². The second-order valence-corrected chi connectivity index (χ2v) is 5.24. The quantitative estimate of drug-likeness (QED) is 0.675. The zero-order valence-corrected chi connectivity index (χ0v) is 12.9. The van der Waals surface area contributed by atoms with Gasteiger partial charge in [-0.05, 0) is 31.0 Å². The van der Waals surface area contributed by atoms with Gasteiger partial charge in [0.05, 0.1) is 4.92 Å². The molecule has 1 unspecified atom stereocenters. The van der Waals surface area contributed by atoms with Crippen LogP contribution in [0.5, 0.6) is 0 Å². The number of hydrogen-bond donors (Lipinski definition) is 1. The van der Waals surface area contributed by atoms with Crippen molar-refractivity contribution >= 4 is 28.9 Å². The van der Waals surface area contributed by atoms with Crippen LogP contribution < -0.4 is 5.32 Å². The van der Waals surface area contributed by atoms with Crippen molar-refractivity contribution < 1.29 is 9.72 Å². The van der Waals surface area contributed by atoms with E-state index in [-0.39, 0.29) is 11.6 Å². The highest BCUT2D eigenvalue weighted by Crippen LogP contribution is 2.23. The summed E-state index contributed by atoms with van der Waals surface area (Å²) in [6.07, 6.45) is 2.82. The maximum Gasteiger partial charge on any atom is 0.307 e. The van der Waals surface area contributed by atoms with Crippen LogP contribution in [0.25, 0.3) is 0 Å². The van der Waals surface area contributed by atoms with Gasteiger partial charge in [-0.2, -0.15) is 5.10 Å². The van der Waals surface area contributed by atoms with Gasteiger partial charge in [-0.3, -0.25) is 19.6 Å². The number of nitro groups is 1. The molecule has 0 fully saturated rings. The number of nitrogens with zero attached hydrogens (tertiary/aromatic N) is 3. The van der Waals surface area contributed by atoms with E-state index in [4.69, 9.17) is 11.6 Å². The summed E-state index contributed by atoms with van der Waals surface area (Å²) in [7, 11) is 0. The molecule has 1 atom stereocenters. The van der Waals surface area contributed by atoms with Gasteiger partial charge in [-0.25, -0.2) is 0 Å². The lowest BCUT2D eigenvalue weighted by Gasteiger charge is -2.16. The van der Waals surface area contributed by atoms with Gasteiger partial charge in [0.15, 0.2) is 0 Å². The zero-order valence-electron chi connectivity index (χ0n) is 12.1. The molecule has 8 heteroatoms. The minimum Gasteiger partial charge on any atom is -0.324 e. The van der Waals surface area contributed by atoms with E-state index in [1.54, 1.807) is 18.2 Å². The smallest absolute Gasteiger partial charge is 0.307 e. The molecule has 1 heterocycles. The Labute approximate surface area is 132 Å². The third-order valence-corrected chi connectivity index (χ3v) is 3.50. The fraction of sp³-hybridized carbons (Fsp3) is 0.286. The van der Waals surface area contributed by atoms with Gasteiger partial charge >= 0.3 is 5.69 Å². The van der Waals surface area contributed by atoms with Crippen LogP contribution in [0.1, 0.15) is 24.9 Å². The van der Waals surface area contributed by atoms with Crippen molar-refractivity contribution in [1.82, 2.24) is 9.78 Å². The second kappa shape index (κ2) is 6.57. The van der Waals surface area contributed by atoms with Gasteiger partial charge in [0, 0.05) is 10.7 Å². The van der Waals surface area contributed by atoms with Gasteiger partial charge in [-0.1, -0.05) is 24.6 Å². The number of carbonyl (C=O) groups excluding carboxylic acids is 1. The Morgan fingerprint density at radius 3 is 2.86 bits per heavy atom. The molecule has 2 aromatic rings. The molecule has 0 saturated heterocycles. The van der Waals surface area contributed by atoms with Crippen LogP contribution in [0.2, 0.25) is 5.02 Å². The second-order valence-electron chi connectivity index (χ2n) is 4.81. The Kier molecular flexibility index (Phi) is 4.77. The summed E-state index contributed by atoms with van der Waals surface area (Å²) in [5.74, 6) is -0.300. The molecule has 0 aliphatic carbocycles. The summed E-state index contributed by atoms with van der Waals surface area (Å²) in [6.45, 7) is 3.66. The highest BCUT2D eigenvalue weighted by atomic mass is 35.5. The normalized spacial score (nSPS) is 12.0. The Morgan fingerprint density at radius 1 is 1.55 bits per heavy atom. The Balaban J connectivity index is 2.21. The van der Waals surface area contributed by atoms with Crippen molar-refractivity contribution in [3.8, 4) is 0 Å². The largest absolute Gasteiger partial charge is 0.324 e. The fourth-order valence-corrected chi connectivity index (χ4v) is 2.20. The van der Waals surface area contributed by atoms with Crippen molar-refractivity contribution in [2.75, 3.05) is 5.32 Å². The van der Waals surface area contributed by atoms with Gasteiger partial charge < -0.3 is 5.32 Å². The molecule has 0 bridgehead atoms. The van der Waals surface area contributed by atoms with Gasteiger partial charge in [0.2, 0.25) is 5.91 Å². The third-order valence-electron chi connectivity index (χ3n) is 3.26. The lowest BCUT2D eigenvalue weighted by molar-refractivity contribution is -0.385. The first kappa shape index (κ1) is 16.0. The van der Waals surface area contributed by atoms with Crippen molar-refractivity contribution in [2.45, 2.75) is 26.3 Å². The zero-order chi connectivity index (χ0) is 16.3. The molecular weight excluding hydrogens is 308 g/mol. The van der Waals surface area contributed by atoms with Crippen LogP contribution in [-0.2, 0) is 4.79 Å². The number of rotatable bonds is 5. The first-order valence-corrected chi connectivity index (χ1v) is 7.05. The molecule has 7 nitrogen and oxygen atoms in total. The molecule has 0 radical (unpaired) electrons. The van der Waals surface area contributed by atoms with E-state index in [1.807, 2.05) is 13.8 Å². The van der Waals surface area contributed by atoms with Crippen molar-refractivity contribution in [3.63, 3.8) is 0 Å². The maximum absolute atomic E-state index is 12.4.